The molecule has 1 aromatic rings. The van der Waals surface area contributed by atoms with E-state index in [-0.39, 0.29) is 19.5 Å². The lowest BCUT2D eigenvalue weighted by Gasteiger charge is -2.04. The molecule has 0 aromatic heterocycles. The summed E-state index contributed by atoms with van der Waals surface area (Å²) in [7, 11) is 0.0242. The van der Waals surface area contributed by atoms with Gasteiger partial charge in [0.25, 0.3) is 7.41 Å². The number of benzene rings is 1. The highest BCUT2D eigenvalue weighted by molar-refractivity contribution is 6.64. The SMILES string of the molecule is O=CBNCC(=O)OCC(=O)c1ccccc1F. The smallest absolute Gasteiger partial charge is 0.319 e. The van der Waals surface area contributed by atoms with E-state index in [0.717, 1.165) is 6.07 Å². The molecule has 0 saturated heterocycles. The Kier molecular flexibility index (Phi) is 5.73. The average molecular weight is 251 g/mol. The van der Waals surface area contributed by atoms with Crippen LogP contribution >= 0.6 is 0 Å². The molecule has 0 bridgehead atoms. The Morgan fingerprint density at radius 3 is 2.78 bits per heavy atom. The Labute approximate surface area is 104 Å². The predicted octanol–water partition coefficient (Wildman–Crippen LogP) is -0.317. The van der Waals surface area contributed by atoms with E-state index < -0.39 is 24.2 Å². The molecule has 0 aliphatic heterocycles. The van der Waals surface area contributed by atoms with Crippen molar-refractivity contribution >= 4 is 25.4 Å². The molecule has 0 fully saturated rings. The molecule has 0 saturated carbocycles. The second-order valence-corrected chi connectivity index (χ2v) is 3.36. The van der Waals surface area contributed by atoms with Gasteiger partial charge in [-0.15, -0.1) is 0 Å². The van der Waals surface area contributed by atoms with Crippen LogP contribution in [-0.2, 0) is 14.3 Å². The quantitative estimate of drug-likeness (QED) is 0.236. The number of ether oxygens (including phenoxy) is 1. The zero-order chi connectivity index (χ0) is 13.4. The van der Waals surface area contributed by atoms with Crippen molar-refractivity contribution in [1.82, 2.24) is 5.23 Å². The maximum atomic E-state index is 13.2. The molecule has 1 N–H and O–H groups in total. The molecule has 0 aliphatic carbocycles. The number of hydrogen-bond donors (Lipinski definition) is 1. The van der Waals surface area contributed by atoms with Gasteiger partial charge in [-0.2, -0.15) is 0 Å². The second kappa shape index (κ2) is 7.34. The second-order valence-electron chi connectivity index (χ2n) is 3.36. The van der Waals surface area contributed by atoms with Gasteiger partial charge in [0.05, 0.1) is 18.3 Å². The highest BCUT2D eigenvalue weighted by Crippen LogP contribution is 2.07. The number of nitrogens with one attached hydrogen (secondary N) is 1. The van der Waals surface area contributed by atoms with E-state index in [1.807, 2.05) is 0 Å². The molecule has 0 atom stereocenters. The lowest BCUT2D eigenvalue weighted by Crippen LogP contribution is -2.30. The summed E-state index contributed by atoms with van der Waals surface area (Å²) >= 11 is 0. The molecule has 0 radical (unpaired) electrons. The van der Waals surface area contributed by atoms with Gasteiger partial charge in [-0.3, -0.25) is 9.59 Å². The van der Waals surface area contributed by atoms with Gasteiger partial charge in [0.15, 0.2) is 6.61 Å². The fourth-order valence-corrected chi connectivity index (χ4v) is 1.20. The van der Waals surface area contributed by atoms with Crippen LogP contribution in [0.15, 0.2) is 24.3 Å². The average Bonchev–Trinajstić information content (AvgIpc) is 2.37. The standard InChI is InChI=1S/C11H11BFNO4/c13-9-4-2-1-3-8(9)10(16)6-18-11(17)5-14-12-7-15/h1-4,7,12,14H,5-6H2. The lowest BCUT2D eigenvalue weighted by molar-refractivity contribution is -0.141. The Bertz CT molecular complexity index is 452. The number of esters is 1. The maximum absolute atomic E-state index is 13.2. The van der Waals surface area contributed by atoms with Crippen molar-refractivity contribution in [1.29, 1.82) is 0 Å². The summed E-state index contributed by atoms with van der Waals surface area (Å²) in [6, 6.07) is 5.45. The van der Waals surface area contributed by atoms with Crippen LogP contribution in [0.2, 0.25) is 0 Å². The molecule has 7 heteroatoms. The first-order chi connectivity index (χ1) is 8.65. The third-order valence-electron chi connectivity index (χ3n) is 2.04. The molecule has 94 valence electrons. The summed E-state index contributed by atoms with van der Waals surface area (Å²) in [4.78, 5) is 32.6. The zero-order valence-corrected chi connectivity index (χ0v) is 9.52. The Morgan fingerprint density at radius 1 is 1.39 bits per heavy atom. The van der Waals surface area contributed by atoms with Crippen molar-refractivity contribution in [3.05, 3.63) is 35.6 Å². The van der Waals surface area contributed by atoms with Crippen LogP contribution in [0.25, 0.3) is 0 Å². The van der Waals surface area contributed by atoms with Crippen LogP contribution in [0.1, 0.15) is 10.4 Å². The first kappa shape index (κ1) is 14.0. The third-order valence-corrected chi connectivity index (χ3v) is 2.04. The molecule has 0 unspecified atom stereocenters. The molecule has 0 heterocycles. The van der Waals surface area contributed by atoms with E-state index in [1.165, 1.54) is 18.2 Å². The molecule has 0 spiro atoms. The minimum absolute atomic E-state index is 0.0242. The number of hydrogen-bond acceptors (Lipinski definition) is 5. The van der Waals surface area contributed by atoms with E-state index in [2.05, 4.69) is 9.96 Å². The van der Waals surface area contributed by atoms with Gasteiger partial charge in [-0.05, 0) is 12.1 Å². The molecule has 1 rings (SSSR count). The first-order valence-electron chi connectivity index (χ1n) is 5.23. The van der Waals surface area contributed by atoms with Crippen LogP contribution in [0.3, 0.4) is 0 Å². The van der Waals surface area contributed by atoms with Crippen LogP contribution in [-0.4, -0.2) is 38.5 Å². The van der Waals surface area contributed by atoms with Gasteiger partial charge in [0, 0.05) is 0 Å². The van der Waals surface area contributed by atoms with Crippen molar-refractivity contribution in [2.24, 2.45) is 0 Å². The van der Waals surface area contributed by atoms with E-state index in [9.17, 15) is 18.8 Å². The van der Waals surface area contributed by atoms with Crippen molar-refractivity contribution in [2.45, 2.75) is 0 Å². The topological polar surface area (TPSA) is 72.5 Å². The van der Waals surface area contributed by atoms with Gasteiger partial charge in [-0.25, -0.2) is 4.39 Å². The van der Waals surface area contributed by atoms with Crippen molar-refractivity contribution in [3.63, 3.8) is 0 Å². The number of rotatable bonds is 7. The van der Waals surface area contributed by atoms with Gasteiger partial charge >= 0.3 is 5.97 Å². The summed E-state index contributed by atoms with van der Waals surface area (Å²) in [5, 5.41) is 2.48. The highest BCUT2D eigenvalue weighted by atomic mass is 19.1. The van der Waals surface area contributed by atoms with Crippen LogP contribution < -0.4 is 5.23 Å². The van der Waals surface area contributed by atoms with Crippen molar-refractivity contribution in [3.8, 4) is 0 Å². The summed E-state index contributed by atoms with van der Waals surface area (Å²) in [5.41, 5.74) is -0.119. The molecule has 5 nitrogen and oxygen atoms in total. The summed E-state index contributed by atoms with van der Waals surface area (Å²) < 4.78 is 17.8. The van der Waals surface area contributed by atoms with Crippen molar-refractivity contribution in [2.75, 3.05) is 13.2 Å². The molecule has 0 amide bonds. The number of carbonyl (C=O) groups is 3. The summed E-state index contributed by atoms with van der Waals surface area (Å²) in [5.74, 6) is -1.95. The fraction of sp³-hybridized carbons (Fsp3) is 0.182. The number of carbonyl (C=O) groups excluding carboxylic acids is 3. The zero-order valence-electron chi connectivity index (χ0n) is 9.52. The fourth-order valence-electron chi connectivity index (χ4n) is 1.20. The third kappa shape index (κ3) is 4.46. The Morgan fingerprint density at radius 2 is 2.11 bits per heavy atom. The van der Waals surface area contributed by atoms with Crippen LogP contribution in [0.5, 0.6) is 0 Å². The van der Waals surface area contributed by atoms with E-state index in [1.54, 1.807) is 0 Å². The molecular formula is C11H11BFNO4. The molecule has 0 aliphatic rings. The maximum Gasteiger partial charge on any atom is 0.319 e. The van der Waals surface area contributed by atoms with Crippen LogP contribution in [0, 0.1) is 5.82 Å². The van der Waals surface area contributed by atoms with Gasteiger partial charge in [0.2, 0.25) is 5.78 Å². The van der Waals surface area contributed by atoms with Gasteiger partial charge in [-0.1, -0.05) is 12.1 Å². The number of ketones is 1. The van der Waals surface area contributed by atoms with E-state index in [4.69, 9.17) is 0 Å². The van der Waals surface area contributed by atoms with E-state index in [0.29, 0.717) is 6.19 Å². The summed E-state index contributed by atoms with van der Waals surface area (Å²) in [6.07, 6.45) is 0.595. The van der Waals surface area contributed by atoms with Gasteiger partial charge < -0.3 is 14.8 Å². The largest absolute Gasteiger partial charge is 0.456 e. The Balaban J connectivity index is 2.40. The minimum Gasteiger partial charge on any atom is -0.456 e. The molecule has 18 heavy (non-hydrogen) atoms. The summed E-state index contributed by atoms with van der Waals surface area (Å²) in [6.45, 7) is -0.703. The first-order valence-corrected chi connectivity index (χ1v) is 5.23. The molecule has 1 aromatic carbocycles. The number of Topliss-reactive ketones (excluding diaryl/α,β-unsaturated/α-hetero) is 1. The highest BCUT2D eigenvalue weighted by Gasteiger charge is 2.13. The minimum atomic E-state index is -0.679. The van der Waals surface area contributed by atoms with Crippen molar-refractivity contribution < 1.29 is 23.5 Å². The van der Waals surface area contributed by atoms with E-state index >= 15 is 0 Å². The lowest BCUT2D eigenvalue weighted by atomic mass is 9.99. The van der Waals surface area contributed by atoms with Crippen LogP contribution in [0.4, 0.5) is 4.39 Å². The Hall–Kier alpha value is -2.02. The number of halogens is 1. The van der Waals surface area contributed by atoms with Gasteiger partial charge in [0.1, 0.15) is 5.82 Å². The predicted molar refractivity (Wildman–Crippen MR) is 63.6 cm³/mol. The normalized spacial score (nSPS) is 9.61. The molecular weight excluding hydrogens is 240 g/mol. The monoisotopic (exact) mass is 251 g/mol.